The fourth-order valence-corrected chi connectivity index (χ4v) is 3.11. The van der Waals surface area contributed by atoms with Crippen LogP contribution in [-0.4, -0.2) is 37.5 Å². The molecule has 1 saturated heterocycles. The molecular weight excluding hydrogens is 228 g/mol. The number of nitrogens with zero attached hydrogens (tertiary/aromatic N) is 1. The van der Waals surface area contributed by atoms with Crippen molar-refractivity contribution < 1.29 is 8.42 Å². The van der Waals surface area contributed by atoms with Gasteiger partial charge in [-0.05, 0) is 32.4 Å². The van der Waals surface area contributed by atoms with Crippen LogP contribution in [0.4, 0.5) is 0 Å². The van der Waals surface area contributed by atoms with Crippen molar-refractivity contribution in [3.63, 3.8) is 0 Å². The van der Waals surface area contributed by atoms with E-state index in [9.17, 15) is 8.42 Å². The Labute approximate surface area is 94.9 Å². The van der Waals surface area contributed by atoms with E-state index in [0.717, 1.165) is 19.5 Å². The third-order valence-electron chi connectivity index (χ3n) is 2.91. The first kappa shape index (κ1) is 11.6. The molecule has 1 aromatic heterocycles. The summed E-state index contributed by atoms with van der Waals surface area (Å²) in [7, 11) is -3.45. The second kappa shape index (κ2) is 4.52. The van der Waals surface area contributed by atoms with Crippen LogP contribution in [-0.2, 0) is 10.0 Å². The number of aromatic amines is 1. The zero-order chi connectivity index (χ0) is 11.6. The number of rotatable bonds is 4. The summed E-state index contributed by atoms with van der Waals surface area (Å²) in [6.45, 7) is 3.72. The molecule has 0 bridgehead atoms. The summed E-state index contributed by atoms with van der Waals surface area (Å²) in [6.07, 6.45) is 3.67. The van der Waals surface area contributed by atoms with Crippen molar-refractivity contribution in [2.75, 3.05) is 13.1 Å². The molecule has 16 heavy (non-hydrogen) atoms. The highest BCUT2D eigenvalue weighted by atomic mass is 32.2. The van der Waals surface area contributed by atoms with Crippen molar-refractivity contribution in [3.05, 3.63) is 12.5 Å². The van der Waals surface area contributed by atoms with Crippen LogP contribution in [0.25, 0.3) is 0 Å². The molecule has 0 radical (unpaired) electrons. The van der Waals surface area contributed by atoms with Crippen LogP contribution in [0.1, 0.15) is 13.3 Å². The van der Waals surface area contributed by atoms with Crippen LogP contribution < -0.4 is 10.0 Å². The molecule has 1 aliphatic heterocycles. The molecule has 2 atom stereocenters. The summed E-state index contributed by atoms with van der Waals surface area (Å²) in [5, 5.41) is 3.33. The molecule has 0 aromatic carbocycles. The van der Waals surface area contributed by atoms with Gasteiger partial charge in [0.15, 0.2) is 5.03 Å². The van der Waals surface area contributed by atoms with E-state index in [1.54, 1.807) is 0 Å². The summed E-state index contributed by atoms with van der Waals surface area (Å²) in [4.78, 5) is 6.30. The molecule has 0 saturated carbocycles. The van der Waals surface area contributed by atoms with Crippen molar-refractivity contribution >= 4 is 10.0 Å². The smallest absolute Gasteiger partial charge is 0.257 e. The topological polar surface area (TPSA) is 86.9 Å². The van der Waals surface area contributed by atoms with Gasteiger partial charge in [-0.25, -0.2) is 18.1 Å². The second-order valence-electron chi connectivity index (χ2n) is 4.08. The Hall–Kier alpha value is -0.920. The number of imidazole rings is 1. The molecule has 90 valence electrons. The molecule has 2 rings (SSSR count). The summed E-state index contributed by atoms with van der Waals surface area (Å²) in [5.74, 6) is 0.359. The monoisotopic (exact) mass is 244 g/mol. The van der Waals surface area contributed by atoms with Crippen LogP contribution >= 0.6 is 0 Å². The fraction of sp³-hybridized carbons (Fsp3) is 0.667. The van der Waals surface area contributed by atoms with E-state index < -0.39 is 10.0 Å². The molecule has 2 unspecified atom stereocenters. The Bertz CT molecular complexity index is 422. The first-order valence-electron chi connectivity index (χ1n) is 5.31. The van der Waals surface area contributed by atoms with E-state index in [-0.39, 0.29) is 11.1 Å². The molecule has 7 heteroatoms. The van der Waals surface area contributed by atoms with Crippen LogP contribution in [0, 0.1) is 5.92 Å². The number of hydrogen-bond acceptors (Lipinski definition) is 4. The van der Waals surface area contributed by atoms with Crippen LogP contribution in [0.2, 0.25) is 0 Å². The lowest BCUT2D eigenvalue weighted by atomic mass is 10.0. The zero-order valence-electron chi connectivity index (χ0n) is 9.10. The molecule has 1 aromatic rings. The van der Waals surface area contributed by atoms with Gasteiger partial charge >= 0.3 is 0 Å². The van der Waals surface area contributed by atoms with Crippen molar-refractivity contribution in [2.45, 2.75) is 24.4 Å². The van der Waals surface area contributed by atoms with E-state index in [4.69, 9.17) is 0 Å². The van der Waals surface area contributed by atoms with Crippen molar-refractivity contribution in [2.24, 2.45) is 5.92 Å². The maximum atomic E-state index is 11.9. The maximum absolute atomic E-state index is 11.9. The number of H-pyrrole nitrogens is 1. The minimum absolute atomic E-state index is 0.0664. The average Bonchev–Trinajstić information content (AvgIpc) is 2.91. The Morgan fingerprint density at radius 2 is 2.44 bits per heavy atom. The predicted octanol–water partition coefficient (Wildman–Crippen LogP) is -0.314. The molecule has 1 fully saturated rings. The van der Waals surface area contributed by atoms with Crippen LogP contribution in [0.3, 0.4) is 0 Å². The summed E-state index contributed by atoms with van der Waals surface area (Å²) in [5.41, 5.74) is 0. The lowest BCUT2D eigenvalue weighted by Crippen LogP contribution is -2.39. The van der Waals surface area contributed by atoms with Gasteiger partial charge in [-0.2, -0.15) is 0 Å². The van der Waals surface area contributed by atoms with Gasteiger partial charge in [0.05, 0.1) is 12.5 Å². The number of hydrogen-bond donors (Lipinski definition) is 3. The molecule has 0 amide bonds. The van der Waals surface area contributed by atoms with Gasteiger partial charge in [-0.1, -0.05) is 0 Å². The van der Waals surface area contributed by atoms with Gasteiger partial charge in [0.2, 0.25) is 0 Å². The number of nitrogens with one attached hydrogen (secondary N) is 3. The Morgan fingerprint density at radius 3 is 3.00 bits per heavy atom. The minimum Gasteiger partial charge on any atom is -0.335 e. The van der Waals surface area contributed by atoms with E-state index >= 15 is 0 Å². The van der Waals surface area contributed by atoms with Gasteiger partial charge in [0, 0.05) is 6.04 Å². The van der Waals surface area contributed by atoms with Gasteiger partial charge < -0.3 is 10.3 Å². The maximum Gasteiger partial charge on any atom is 0.257 e. The van der Waals surface area contributed by atoms with Crippen LogP contribution in [0.5, 0.6) is 0 Å². The molecule has 3 N–H and O–H groups in total. The number of aromatic nitrogens is 2. The highest BCUT2D eigenvalue weighted by molar-refractivity contribution is 7.89. The average molecular weight is 244 g/mol. The minimum atomic E-state index is -3.45. The summed E-state index contributed by atoms with van der Waals surface area (Å²) in [6, 6.07) is -0.0664. The van der Waals surface area contributed by atoms with Gasteiger partial charge in [-0.15, -0.1) is 0 Å². The molecule has 0 aliphatic carbocycles. The van der Waals surface area contributed by atoms with E-state index in [2.05, 4.69) is 20.0 Å². The molecule has 6 nitrogen and oxygen atoms in total. The number of sulfonamides is 1. The van der Waals surface area contributed by atoms with Gasteiger partial charge in [0.1, 0.15) is 0 Å². The van der Waals surface area contributed by atoms with Gasteiger partial charge in [-0.3, -0.25) is 0 Å². The highest BCUT2D eigenvalue weighted by Crippen LogP contribution is 2.14. The Balaban J connectivity index is 2.03. The lowest BCUT2D eigenvalue weighted by Gasteiger charge is -2.18. The third kappa shape index (κ3) is 2.42. The van der Waals surface area contributed by atoms with E-state index in [1.165, 1.54) is 12.5 Å². The molecule has 2 heterocycles. The standard InChI is InChI=1S/C9H16N4O2S/c1-7(8-2-3-10-4-8)13-16(14,15)9-5-11-6-12-9/h5-8,10,13H,2-4H2,1H3,(H,11,12). The van der Waals surface area contributed by atoms with Crippen molar-refractivity contribution in [1.82, 2.24) is 20.0 Å². The largest absolute Gasteiger partial charge is 0.335 e. The highest BCUT2D eigenvalue weighted by Gasteiger charge is 2.26. The fourth-order valence-electron chi connectivity index (χ4n) is 1.90. The predicted molar refractivity (Wildman–Crippen MR) is 59.3 cm³/mol. The van der Waals surface area contributed by atoms with Crippen molar-refractivity contribution in [1.29, 1.82) is 0 Å². The van der Waals surface area contributed by atoms with Crippen LogP contribution in [0.15, 0.2) is 17.6 Å². The second-order valence-corrected chi connectivity index (χ2v) is 5.76. The molecule has 1 aliphatic rings. The molecular formula is C9H16N4O2S. The zero-order valence-corrected chi connectivity index (χ0v) is 9.92. The summed E-state index contributed by atoms with van der Waals surface area (Å²) < 4.78 is 26.4. The third-order valence-corrected chi connectivity index (χ3v) is 4.39. The van der Waals surface area contributed by atoms with Gasteiger partial charge in [0.25, 0.3) is 10.0 Å². The molecule has 0 spiro atoms. The first-order valence-corrected chi connectivity index (χ1v) is 6.79. The van der Waals surface area contributed by atoms with E-state index in [0.29, 0.717) is 5.92 Å². The van der Waals surface area contributed by atoms with Crippen molar-refractivity contribution in [3.8, 4) is 0 Å². The normalized spacial score (nSPS) is 23.4. The SMILES string of the molecule is CC(NS(=O)(=O)c1cnc[nH]1)C1CCNC1. The summed E-state index contributed by atoms with van der Waals surface area (Å²) >= 11 is 0. The Kier molecular flexibility index (Phi) is 3.27. The Morgan fingerprint density at radius 1 is 1.62 bits per heavy atom. The first-order chi connectivity index (χ1) is 7.59. The van der Waals surface area contributed by atoms with E-state index in [1.807, 2.05) is 6.92 Å². The quantitative estimate of drug-likeness (QED) is 0.678. The lowest BCUT2D eigenvalue weighted by molar-refractivity contribution is 0.444.